The SMILES string of the molecule is C[C@H]1CCCC[C@H]1NC(=O)CSCc1cc2c(cc1Br)OCO2. The van der Waals surface area contributed by atoms with E-state index in [1.165, 1.54) is 19.3 Å². The molecule has 3 rings (SSSR count). The van der Waals surface area contributed by atoms with Crippen LogP contribution in [0.2, 0.25) is 0 Å². The lowest BCUT2D eigenvalue weighted by atomic mass is 9.86. The second kappa shape index (κ2) is 7.79. The Morgan fingerprint density at radius 3 is 2.83 bits per heavy atom. The molecular formula is C17H22BrNO3S. The molecule has 0 radical (unpaired) electrons. The molecule has 0 saturated heterocycles. The van der Waals surface area contributed by atoms with Crippen LogP contribution < -0.4 is 14.8 Å². The molecule has 1 aromatic carbocycles. The number of nitrogens with one attached hydrogen (secondary N) is 1. The highest BCUT2D eigenvalue weighted by molar-refractivity contribution is 9.10. The summed E-state index contributed by atoms with van der Waals surface area (Å²) in [6.45, 7) is 2.52. The largest absolute Gasteiger partial charge is 0.454 e. The number of fused-ring (bicyclic) bond motifs is 1. The monoisotopic (exact) mass is 399 g/mol. The van der Waals surface area contributed by atoms with Gasteiger partial charge in [0.15, 0.2) is 11.5 Å². The summed E-state index contributed by atoms with van der Waals surface area (Å²) in [4.78, 5) is 12.1. The number of hydrogen-bond acceptors (Lipinski definition) is 4. The van der Waals surface area contributed by atoms with Crippen molar-refractivity contribution in [2.75, 3.05) is 12.5 Å². The molecule has 0 unspecified atom stereocenters. The summed E-state index contributed by atoms with van der Waals surface area (Å²) in [7, 11) is 0. The molecule has 4 nitrogen and oxygen atoms in total. The molecule has 1 fully saturated rings. The van der Waals surface area contributed by atoms with Crippen LogP contribution in [0.1, 0.15) is 38.2 Å². The van der Waals surface area contributed by atoms with Crippen LogP contribution in [0.5, 0.6) is 11.5 Å². The van der Waals surface area contributed by atoms with Gasteiger partial charge in [-0.3, -0.25) is 4.79 Å². The molecule has 23 heavy (non-hydrogen) atoms. The Morgan fingerprint density at radius 1 is 1.30 bits per heavy atom. The summed E-state index contributed by atoms with van der Waals surface area (Å²) in [6.07, 6.45) is 4.86. The molecule has 1 saturated carbocycles. The molecule has 0 aromatic heterocycles. The smallest absolute Gasteiger partial charge is 0.231 e. The van der Waals surface area contributed by atoms with Crippen molar-refractivity contribution in [3.05, 3.63) is 22.2 Å². The van der Waals surface area contributed by atoms with Gasteiger partial charge in [0.05, 0.1) is 5.75 Å². The fourth-order valence-corrected chi connectivity index (χ4v) is 4.58. The maximum Gasteiger partial charge on any atom is 0.231 e. The minimum atomic E-state index is 0.144. The van der Waals surface area contributed by atoms with Gasteiger partial charge in [-0.05, 0) is 36.5 Å². The standard InChI is InChI=1S/C17H22BrNO3S/c1-11-4-2-3-5-14(11)19-17(20)9-23-8-12-6-15-16(7-13(12)18)22-10-21-15/h6-7,11,14H,2-5,8-10H2,1H3,(H,19,20)/t11-,14+/m0/s1. The molecule has 1 N–H and O–H groups in total. The van der Waals surface area contributed by atoms with Crippen molar-refractivity contribution in [3.63, 3.8) is 0 Å². The van der Waals surface area contributed by atoms with Crippen LogP contribution in [0.15, 0.2) is 16.6 Å². The number of benzene rings is 1. The number of amides is 1. The van der Waals surface area contributed by atoms with Crippen molar-refractivity contribution in [2.45, 2.75) is 44.4 Å². The van der Waals surface area contributed by atoms with Crippen molar-refractivity contribution in [3.8, 4) is 11.5 Å². The Labute approximate surface area is 149 Å². The molecule has 1 heterocycles. The predicted molar refractivity (Wildman–Crippen MR) is 96.0 cm³/mol. The summed E-state index contributed by atoms with van der Waals surface area (Å²) < 4.78 is 11.7. The first-order chi connectivity index (χ1) is 11.1. The maximum absolute atomic E-state index is 12.1. The van der Waals surface area contributed by atoms with Gasteiger partial charge in [0.1, 0.15) is 0 Å². The van der Waals surface area contributed by atoms with Crippen LogP contribution in [-0.4, -0.2) is 24.5 Å². The van der Waals surface area contributed by atoms with E-state index < -0.39 is 0 Å². The van der Waals surface area contributed by atoms with Crippen molar-refractivity contribution in [1.82, 2.24) is 5.32 Å². The van der Waals surface area contributed by atoms with Crippen LogP contribution in [0.3, 0.4) is 0 Å². The van der Waals surface area contributed by atoms with E-state index in [4.69, 9.17) is 9.47 Å². The van der Waals surface area contributed by atoms with E-state index in [-0.39, 0.29) is 12.7 Å². The first kappa shape index (κ1) is 17.0. The Balaban J connectivity index is 1.47. The van der Waals surface area contributed by atoms with Gasteiger partial charge < -0.3 is 14.8 Å². The normalized spacial score (nSPS) is 22.9. The zero-order chi connectivity index (χ0) is 16.2. The quantitative estimate of drug-likeness (QED) is 0.808. The van der Waals surface area contributed by atoms with Gasteiger partial charge in [0, 0.05) is 16.3 Å². The highest BCUT2D eigenvalue weighted by atomic mass is 79.9. The summed E-state index contributed by atoms with van der Waals surface area (Å²) in [5.74, 6) is 3.56. The van der Waals surface area contributed by atoms with Crippen LogP contribution in [0.25, 0.3) is 0 Å². The van der Waals surface area contributed by atoms with E-state index in [1.807, 2.05) is 12.1 Å². The number of rotatable bonds is 5. The fraction of sp³-hybridized carbons (Fsp3) is 0.588. The molecule has 0 bridgehead atoms. The second-order valence-corrected chi connectivity index (χ2v) is 8.07. The first-order valence-electron chi connectivity index (χ1n) is 8.08. The minimum absolute atomic E-state index is 0.144. The third-order valence-electron chi connectivity index (χ3n) is 4.49. The Hall–Kier alpha value is -0.880. The van der Waals surface area contributed by atoms with Gasteiger partial charge in [-0.25, -0.2) is 0 Å². The van der Waals surface area contributed by atoms with Crippen LogP contribution >= 0.6 is 27.7 Å². The summed E-state index contributed by atoms with van der Waals surface area (Å²) in [5, 5.41) is 3.19. The molecule has 126 valence electrons. The van der Waals surface area contributed by atoms with Gasteiger partial charge in [0.2, 0.25) is 12.7 Å². The predicted octanol–water partition coefficient (Wildman–Crippen LogP) is 4.11. The van der Waals surface area contributed by atoms with E-state index in [0.717, 1.165) is 33.7 Å². The Kier molecular flexibility index (Phi) is 5.75. The molecule has 1 amide bonds. The van der Waals surface area contributed by atoms with E-state index in [9.17, 15) is 4.79 Å². The lowest BCUT2D eigenvalue weighted by molar-refractivity contribution is -0.119. The van der Waals surface area contributed by atoms with Gasteiger partial charge in [-0.2, -0.15) is 0 Å². The van der Waals surface area contributed by atoms with E-state index in [1.54, 1.807) is 11.8 Å². The highest BCUT2D eigenvalue weighted by Gasteiger charge is 2.22. The van der Waals surface area contributed by atoms with Crippen molar-refractivity contribution in [2.24, 2.45) is 5.92 Å². The van der Waals surface area contributed by atoms with Crippen LogP contribution in [0.4, 0.5) is 0 Å². The molecule has 2 aliphatic rings. The van der Waals surface area contributed by atoms with Crippen molar-refractivity contribution < 1.29 is 14.3 Å². The molecule has 6 heteroatoms. The summed E-state index contributed by atoms with van der Waals surface area (Å²) in [6, 6.07) is 4.27. The zero-order valence-electron chi connectivity index (χ0n) is 13.3. The molecule has 1 aromatic rings. The summed E-state index contributed by atoms with van der Waals surface area (Å²) in [5.41, 5.74) is 1.12. The Bertz CT molecular complexity index is 581. The second-order valence-electron chi connectivity index (χ2n) is 6.23. The highest BCUT2D eigenvalue weighted by Crippen LogP contribution is 2.38. The van der Waals surface area contributed by atoms with Crippen LogP contribution in [-0.2, 0) is 10.5 Å². The number of carbonyl (C=O) groups excluding carboxylic acids is 1. The lowest BCUT2D eigenvalue weighted by Crippen LogP contribution is -2.41. The first-order valence-corrected chi connectivity index (χ1v) is 10.0. The zero-order valence-corrected chi connectivity index (χ0v) is 15.7. The average molecular weight is 400 g/mol. The molecule has 1 aliphatic heterocycles. The van der Waals surface area contributed by atoms with E-state index in [2.05, 4.69) is 28.2 Å². The molecular weight excluding hydrogens is 378 g/mol. The third kappa shape index (κ3) is 4.35. The van der Waals surface area contributed by atoms with Crippen molar-refractivity contribution >= 4 is 33.6 Å². The number of carbonyl (C=O) groups is 1. The fourth-order valence-electron chi connectivity index (χ4n) is 3.10. The van der Waals surface area contributed by atoms with Crippen molar-refractivity contribution in [1.29, 1.82) is 0 Å². The van der Waals surface area contributed by atoms with Gasteiger partial charge in [-0.15, -0.1) is 11.8 Å². The summed E-state index contributed by atoms with van der Waals surface area (Å²) >= 11 is 5.18. The minimum Gasteiger partial charge on any atom is -0.454 e. The van der Waals surface area contributed by atoms with E-state index >= 15 is 0 Å². The number of halogens is 1. The van der Waals surface area contributed by atoms with Gasteiger partial charge >= 0.3 is 0 Å². The van der Waals surface area contributed by atoms with E-state index in [0.29, 0.717) is 17.7 Å². The van der Waals surface area contributed by atoms with Gasteiger partial charge in [-0.1, -0.05) is 35.7 Å². The lowest BCUT2D eigenvalue weighted by Gasteiger charge is -2.29. The van der Waals surface area contributed by atoms with Gasteiger partial charge in [0.25, 0.3) is 0 Å². The molecule has 0 spiro atoms. The van der Waals surface area contributed by atoms with Crippen LogP contribution in [0, 0.1) is 5.92 Å². The topological polar surface area (TPSA) is 47.6 Å². The number of thioether (sulfide) groups is 1. The number of hydrogen-bond donors (Lipinski definition) is 1. The molecule has 2 atom stereocenters. The maximum atomic E-state index is 12.1. The Morgan fingerprint density at radius 2 is 2.04 bits per heavy atom. The number of ether oxygens (including phenoxy) is 2. The third-order valence-corrected chi connectivity index (χ3v) is 6.21. The average Bonchev–Trinajstić information content (AvgIpc) is 2.97. The molecule has 1 aliphatic carbocycles.